The van der Waals surface area contributed by atoms with Crippen molar-refractivity contribution in [2.24, 2.45) is 5.41 Å². The molecular formula is C38H46F2N6O6. The highest BCUT2D eigenvalue weighted by Crippen LogP contribution is 2.40. The lowest BCUT2D eigenvalue weighted by Gasteiger charge is -2.42. The fourth-order valence-electron chi connectivity index (χ4n) is 6.47. The number of imide groups is 1. The molecule has 0 saturated heterocycles. The summed E-state index contributed by atoms with van der Waals surface area (Å²) < 4.78 is 30.7. The van der Waals surface area contributed by atoms with Crippen LogP contribution < -0.4 is 5.32 Å². The Morgan fingerprint density at radius 2 is 1.60 bits per heavy atom. The van der Waals surface area contributed by atoms with Crippen LogP contribution in [0.25, 0.3) is 5.69 Å². The molecule has 0 saturated carbocycles. The number of carbonyl (C=O) groups is 5. The molecule has 0 aliphatic carbocycles. The van der Waals surface area contributed by atoms with Crippen molar-refractivity contribution in [1.82, 2.24) is 29.8 Å². The van der Waals surface area contributed by atoms with E-state index in [0.29, 0.717) is 17.7 Å². The van der Waals surface area contributed by atoms with Gasteiger partial charge in [-0.15, -0.1) is 0 Å². The van der Waals surface area contributed by atoms with Gasteiger partial charge >= 0.3 is 6.09 Å². The smallest absolute Gasteiger partial charge is 0.408 e. The van der Waals surface area contributed by atoms with Gasteiger partial charge in [0.05, 0.1) is 11.7 Å². The molecule has 5 amide bonds. The molecule has 1 aliphatic rings. The number of rotatable bonds is 13. The molecule has 0 spiro atoms. The van der Waals surface area contributed by atoms with Gasteiger partial charge in [0.25, 0.3) is 11.8 Å². The number of nitrogens with one attached hydrogen (secondary N) is 1. The fourth-order valence-corrected chi connectivity index (χ4v) is 6.47. The van der Waals surface area contributed by atoms with E-state index in [1.54, 1.807) is 27.0 Å². The summed E-state index contributed by atoms with van der Waals surface area (Å²) in [6.07, 6.45) is 2.74. The van der Waals surface area contributed by atoms with Gasteiger partial charge in [-0.05, 0) is 50.3 Å². The second-order valence-electron chi connectivity index (χ2n) is 14.8. The normalized spacial score (nSPS) is 14.4. The molecule has 0 radical (unpaired) electrons. The van der Waals surface area contributed by atoms with Gasteiger partial charge in [0.15, 0.2) is 0 Å². The summed E-state index contributed by atoms with van der Waals surface area (Å²) in [7, 11) is 0. The van der Waals surface area contributed by atoms with Crippen molar-refractivity contribution < 1.29 is 37.9 Å². The lowest BCUT2D eigenvalue weighted by molar-refractivity contribution is -0.137. The lowest BCUT2D eigenvalue weighted by Crippen LogP contribution is -2.58. The van der Waals surface area contributed by atoms with Crippen LogP contribution in [-0.4, -0.2) is 90.5 Å². The predicted octanol–water partition coefficient (Wildman–Crippen LogP) is 5.26. The average Bonchev–Trinajstić information content (AvgIpc) is 3.59. The third-order valence-electron chi connectivity index (χ3n) is 8.73. The van der Waals surface area contributed by atoms with E-state index in [9.17, 15) is 33.5 Å². The van der Waals surface area contributed by atoms with Crippen LogP contribution in [0.3, 0.4) is 0 Å². The maximum atomic E-state index is 15.1. The van der Waals surface area contributed by atoms with Crippen molar-refractivity contribution in [1.29, 1.82) is 0 Å². The number of carboxylic acid groups (broad SMARTS) is 1. The second-order valence-corrected chi connectivity index (χ2v) is 14.8. The third-order valence-corrected chi connectivity index (χ3v) is 8.73. The van der Waals surface area contributed by atoms with Gasteiger partial charge in [0.2, 0.25) is 11.8 Å². The zero-order valence-electron chi connectivity index (χ0n) is 30.5. The number of hydrogen-bond acceptors (Lipinski definition) is 6. The van der Waals surface area contributed by atoms with Crippen LogP contribution in [0.5, 0.6) is 0 Å². The third kappa shape index (κ3) is 9.28. The van der Waals surface area contributed by atoms with E-state index in [0.717, 1.165) is 45.7 Å². The van der Waals surface area contributed by atoms with Crippen LogP contribution in [-0.2, 0) is 25.6 Å². The average molecular weight is 721 g/mol. The summed E-state index contributed by atoms with van der Waals surface area (Å²) in [4.78, 5) is 67.5. The van der Waals surface area contributed by atoms with Crippen LogP contribution >= 0.6 is 0 Å². The van der Waals surface area contributed by atoms with Crippen LogP contribution in [0, 0.1) is 17.0 Å². The van der Waals surface area contributed by atoms with Crippen LogP contribution in [0.2, 0.25) is 0 Å². The van der Waals surface area contributed by atoms with E-state index >= 15 is 4.39 Å². The minimum Gasteiger partial charge on any atom is -0.465 e. The Hall–Kier alpha value is -5.40. The topological polar surface area (TPSA) is 145 Å². The zero-order valence-corrected chi connectivity index (χ0v) is 30.5. The maximum Gasteiger partial charge on any atom is 0.408 e. The minimum atomic E-state index is -1.36. The summed E-state index contributed by atoms with van der Waals surface area (Å²) >= 11 is 0. The quantitative estimate of drug-likeness (QED) is 0.230. The number of hydrogen-bond donors (Lipinski definition) is 2. The highest BCUT2D eigenvalue weighted by molar-refractivity contribution is 6.12. The van der Waals surface area contributed by atoms with Gasteiger partial charge in [0.1, 0.15) is 23.4 Å². The van der Waals surface area contributed by atoms with E-state index in [1.807, 2.05) is 51.1 Å². The van der Waals surface area contributed by atoms with E-state index in [1.165, 1.54) is 16.5 Å². The first-order valence-corrected chi connectivity index (χ1v) is 17.0. The molecule has 0 bridgehead atoms. The first-order valence-electron chi connectivity index (χ1n) is 17.0. The maximum absolute atomic E-state index is 15.1. The lowest BCUT2D eigenvalue weighted by atomic mass is 9.81. The molecule has 0 fully saturated rings. The molecule has 14 heteroatoms. The second kappa shape index (κ2) is 15.9. The van der Waals surface area contributed by atoms with Crippen molar-refractivity contribution in [3.63, 3.8) is 0 Å². The first-order chi connectivity index (χ1) is 24.3. The zero-order chi connectivity index (χ0) is 38.5. The highest BCUT2D eigenvalue weighted by atomic mass is 19.1. The molecule has 2 atom stereocenters. The SMILES string of the molecule is CC(=O)N(CC[C@@H](C(=O)NCCN1C(=O)C=CC1=O)N(C(=O)O)C(C)(C)C)[C@@H](c1nn(-c2cc(F)ccc2F)cc1Cc1ccccc1)C(C)(C)C. The molecule has 4 rings (SSSR count). The van der Waals surface area contributed by atoms with Gasteiger partial charge in [0, 0.05) is 68.5 Å². The van der Waals surface area contributed by atoms with Gasteiger partial charge in [-0.2, -0.15) is 5.10 Å². The molecule has 52 heavy (non-hydrogen) atoms. The Balaban J connectivity index is 1.74. The standard InChI is InChI=1S/C38H46F2N6O6/c1-24(47)43(19-17-29(46(36(51)52)38(5,6)7)35(50)41-18-20-44-31(48)15-16-32(44)49)34(37(2,3)4)33-26(21-25-11-9-8-10-12-25)23-45(42-33)30-22-27(39)13-14-28(30)40/h8-16,22-23,29,34H,17-21H2,1-7H3,(H,41,50)(H,51,52)/t29-,34-/m0/s1. The minimum absolute atomic E-state index is 0.0891. The molecular weight excluding hydrogens is 674 g/mol. The molecule has 12 nitrogen and oxygen atoms in total. The molecule has 2 N–H and O–H groups in total. The summed E-state index contributed by atoms with van der Waals surface area (Å²) in [5, 5.41) is 17.7. The fraction of sp³-hybridized carbons (Fsp3) is 0.421. The van der Waals surface area contributed by atoms with Crippen molar-refractivity contribution in [3.8, 4) is 5.69 Å². The van der Waals surface area contributed by atoms with Gasteiger partial charge in [-0.1, -0.05) is 51.1 Å². The van der Waals surface area contributed by atoms with E-state index in [2.05, 4.69) is 5.32 Å². The van der Waals surface area contributed by atoms with Crippen LogP contribution in [0.15, 0.2) is 66.9 Å². The number of amides is 5. The number of nitrogens with zero attached hydrogens (tertiary/aromatic N) is 5. The monoisotopic (exact) mass is 720 g/mol. The van der Waals surface area contributed by atoms with Gasteiger partial charge in [-0.3, -0.25) is 29.0 Å². The Labute approximate surface area is 302 Å². The molecule has 0 unspecified atom stereocenters. The number of halogens is 2. The Bertz CT molecular complexity index is 1830. The van der Waals surface area contributed by atoms with Gasteiger partial charge < -0.3 is 15.3 Å². The van der Waals surface area contributed by atoms with Crippen LogP contribution in [0.1, 0.15) is 77.7 Å². The summed E-state index contributed by atoms with van der Waals surface area (Å²) in [6, 6.07) is 10.5. The number of aromatic nitrogens is 2. The Morgan fingerprint density at radius 3 is 2.15 bits per heavy atom. The molecule has 3 aromatic rings. The molecule has 2 aromatic carbocycles. The van der Waals surface area contributed by atoms with E-state index in [4.69, 9.17) is 5.10 Å². The summed E-state index contributed by atoms with van der Waals surface area (Å²) in [5.74, 6) is -3.44. The number of carbonyl (C=O) groups excluding carboxylic acids is 4. The van der Waals surface area contributed by atoms with Crippen molar-refractivity contribution in [3.05, 3.63) is 95.3 Å². The summed E-state index contributed by atoms with van der Waals surface area (Å²) in [5.41, 5.74) is 0.133. The molecule has 1 aliphatic heterocycles. The van der Waals surface area contributed by atoms with Gasteiger partial charge in [-0.25, -0.2) is 18.3 Å². The Morgan fingerprint density at radius 1 is 0.962 bits per heavy atom. The summed E-state index contributed by atoms with van der Waals surface area (Å²) in [6.45, 7) is 11.7. The number of benzene rings is 2. The predicted molar refractivity (Wildman–Crippen MR) is 189 cm³/mol. The first kappa shape index (κ1) is 39.4. The van der Waals surface area contributed by atoms with E-state index in [-0.39, 0.29) is 37.6 Å². The largest absolute Gasteiger partial charge is 0.465 e. The van der Waals surface area contributed by atoms with Crippen molar-refractivity contribution >= 4 is 29.7 Å². The molecule has 278 valence electrons. The van der Waals surface area contributed by atoms with Crippen molar-refractivity contribution in [2.45, 2.75) is 78.9 Å². The molecule has 1 aromatic heterocycles. The van der Waals surface area contributed by atoms with Crippen molar-refractivity contribution in [2.75, 3.05) is 19.6 Å². The highest BCUT2D eigenvalue weighted by Gasteiger charge is 2.41. The van der Waals surface area contributed by atoms with Crippen LogP contribution in [0.4, 0.5) is 13.6 Å². The van der Waals surface area contributed by atoms with E-state index < -0.39 is 58.5 Å². The Kier molecular flexibility index (Phi) is 12.0. The molecule has 2 heterocycles.